The number of sulfonamides is 1. The Morgan fingerprint density at radius 1 is 0.826 bits per heavy atom. The Hall–Kier alpha value is -3.85. The molecule has 0 bridgehead atoms. The van der Waals surface area contributed by atoms with Crippen LogP contribution in [0.1, 0.15) is 43.0 Å². The monoisotopic (exact) mass is 679 g/mol. The molecule has 4 rings (SSSR count). The van der Waals surface area contributed by atoms with E-state index >= 15 is 0 Å². The molecular weight excluding hydrogens is 641 g/mol. The Morgan fingerprint density at radius 3 is 1.98 bits per heavy atom. The fraction of sp³-hybridized carbons (Fsp3) is 0.278. The number of hydrogen-bond donors (Lipinski definition) is 1. The van der Waals surface area contributed by atoms with Gasteiger partial charge < -0.3 is 10.2 Å². The van der Waals surface area contributed by atoms with E-state index in [1.807, 2.05) is 65.0 Å². The molecule has 0 radical (unpaired) electrons. The standard InChI is InChI=1S/C36H39Cl2N3O4S/c1-25-11-17-30(18-12-25)41(46(44,45)31-19-13-26(2)14-20-31)24-34(42)40(23-28-15-16-29(37)22-32(28)38)33(35(43)39-36(3,4)5)21-27-9-7-6-8-10-27/h6-20,22,33H,21,23-24H2,1-5H3,(H,39,43)/t33-/m1/s1. The van der Waals surface area contributed by atoms with Crippen molar-refractivity contribution in [3.05, 3.63) is 129 Å². The molecule has 1 N–H and O–H groups in total. The van der Waals surface area contributed by atoms with E-state index in [9.17, 15) is 18.0 Å². The molecule has 0 saturated carbocycles. The number of nitrogens with one attached hydrogen (secondary N) is 1. The van der Waals surface area contributed by atoms with Gasteiger partial charge in [-0.2, -0.15) is 0 Å². The molecule has 0 aliphatic heterocycles. The number of benzene rings is 4. The van der Waals surface area contributed by atoms with Gasteiger partial charge in [-0.1, -0.05) is 95.0 Å². The fourth-order valence-electron chi connectivity index (χ4n) is 4.92. The van der Waals surface area contributed by atoms with Crippen molar-refractivity contribution in [2.45, 2.75) is 64.1 Å². The third-order valence-corrected chi connectivity index (χ3v) is 9.71. The summed E-state index contributed by atoms with van der Waals surface area (Å²) in [5.74, 6) is -0.953. The number of carbonyl (C=O) groups excluding carboxylic acids is 2. The quantitative estimate of drug-likeness (QED) is 0.179. The molecule has 0 aliphatic rings. The Balaban J connectivity index is 1.83. The van der Waals surface area contributed by atoms with Gasteiger partial charge in [-0.3, -0.25) is 13.9 Å². The molecule has 4 aromatic rings. The van der Waals surface area contributed by atoms with Gasteiger partial charge >= 0.3 is 0 Å². The summed E-state index contributed by atoms with van der Waals surface area (Å²) in [7, 11) is -4.19. The lowest BCUT2D eigenvalue weighted by Gasteiger charge is -2.35. The highest BCUT2D eigenvalue weighted by Gasteiger charge is 2.36. The number of aryl methyl sites for hydroxylation is 2. The summed E-state index contributed by atoms with van der Waals surface area (Å²) in [6.07, 6.45) is 0.189. The highest BCUT2D eigenvalue weighted by molar-refractivity contribution is 7.92. The van der Waals surface area contributed by atoms with Crippen LogP contribution in [0.4, 0.5) is 5.69 Å². The predicted octanol–water partition coefficient (Wildman–Crippen LogP) is 7.36. The summed E-state index contributed by atoms with van der Waals surface area (Å²) in [6, 6.07) is 26.7. The highest BCUT2D eigenvalue weighted by atomic mass is 35.5. The first-order chi connectivity index (χ1) is 21.6. The Bertz CT molecular complexity index is 1770. The maximum absolute atomic E-state index is 14.6. The predicted molar refractivity (Wildman–Crippen MR) is 186 cm³/mol. The number of halogens is 2. The molecule has 2 amide bonds. The third-order valence-electron chi connectivity index (χ3n) is 7.33. The van der Waals surface area contributed by atoms with Crippen molar-refractivity contribution in [1.82, 2.24) is 10.2 Å². The van der Waals surface area contributed by atoms with E-state index in [0.29, 0.717) is 21.3 Å². The van der Waals surface area contributed by atoms with Crippen LogP contribution in [0.5, 0.6) is 0 Å². The molecular formula is C36H39Cl2N3O4S. The zero-order valence-electron chi connectivity index (χ0n) is 26.6. The van der Waals surface area contributed by atoms with Crippen LogP contribution in [0.25, 0.3) is 0 Å². The van der Waals surface area contributed by atoms with Gasteiger partial charge in [-0.15, -0.1) is 0 Å². The molecule has 0 aromatic heterocycles. The van der Waals surface area contributed by atoms with Crippen molar-refractivity contribution in [3.8, 4) is 0 Å². The van der Waals surface area contributed by atoms with Gasteiger partial charge in [0.2, 0.25) is 11.8 Å². The Morgan fingerprint density at radius 2 is 1.41 bits per heavy atom. The largest absolute Gasteiger partial charge is 0.350 e. The van der Waals surface area contributed by atoms with Crippen LogP contribution in [-0.4, -0.2) is 43.3 Å². The van der Waals surface area contributed by atoms with E-state index in [2.05, 4.69) is 5.32 Å². The molecule has 7 nitrogen and oxygen atoms in total. The molecule has 1 atom stereocenters. The maximum Gasteiger partial charge on any atom is 0.264 e. The van der Waals surface area contributed by atoms with Crippen molar-refractivity contribution in [2.75, 3.05) is 10.8 Å². The SMILES string of the molecule is Cc1ccc(N(CC(=O)N(Cc2ccc(Cl)cc2Cl)[C@H](Cc2ccccc2)C(=O)NC(C)(C)C)S(=O)(=O)c2ccc(C)cc2)cc1. The van der Waals surface area contributed by atoms with Crippen molar-refractivity contribution >= 4 is 50.7 Å². The lowest BCUT2D eigenvalue weighted by molar-refractivity contribution is -0.140. The first-order valence-electron chi connectivity index (χ1n) is 14.9. The van der Waals surface area contributed by atoms with Gasteiger partial charge in [0.05, 0.1) is 10.6 Å². The molecule has 0 heterocycles. The molecule has 4 aromatic carbocycles. The molecule has 0 aliphatic carbocycles. The van der Waals surface area contributed by atoms with Crippen molar-refractivity contribution < 1.29 is 18.0 Å². The van der Waals surface area contributed by atoms with E-state index in [1.54, 1.807) is 54.6 Å². The smallest absolute Gasteiger partial charge is 0.264 e. The minimum Gasteiger partial charge on any atom is -0.350 e. The number of carbonyl (C=O) groups is 2. The van der Waals surface area contributed by atoms with E-state index in [0.717, 1.165) is 21.0 Å². The Labute approximate surface area is 282 Å². The second-order valence-electron chi connectivity index (χ2n) is 12.4. The molecule has 0 unspecified atom stereocenters. The van der Waals surface area contributed by atoms with Crippen molar-refractivity contribution in [2.24, 2.45) is 0 Å². The molecule has 0 saturated heterocycles. The topological polar surface area (TPSA) is 86.8 Å². The number of nitrogens with zero attached hydrogens (tertiary/aromatic N) is 2. The van der Waals surface area contributed by atoms with E-state index in [4.69, 9.17) is 23.2 Å². The van der Waals surface area contributed by atoms with Crippen LogP contribution >= 0.6 is 23.2 Å². The number of amides is 2. The first-order valence-corrected chi connectivity index (χ1v) is 17.1. The van der Waals surface area contributed by atoms with Crippen LogP contribution in [0.3, 0.4) is 0 Å². The van der Waals surface area contributed by atoms with Crippen LogP contribution in [0, 0.1) is 13.8 Å². The van der Waals surface area contributed by atoms with Gasteiger partial charge in [0.25, 0.3) is 10.0 Å². The van der Waals surface area contributed by atoms with Crippen LogP contribution in [0.15, 0.2) is 102 Å². The molecule has 10 heteroatoms. The lowest BCUT2D eigenvalue weighted by atomic mass is 10.0. The van der Waals surface area contributed by atoms with Crippen molar-refractivity contribution in [1.29, 1.82) is 0 Å². The molecule has 0 spiro atoms. The average molecular weight is 681 g/mol. The van der Waals surface area contributed by atoms with E-state index in [1.165, 1.54) is 17.0 Å². The molecule has 0 fully saturated rings. The van der Waals surface area contributed by atoms with Gasteiger partial charge in [0, 0.05) is 28.5 Å². The molecule has 46 heavy (non-hydrogen) atoms. The number of anilines is 1. The average Bonchev–Trinajstić information content (AvgIpc) is 2.99. The second kappa shape index (κ2) is 14.7. The van der Waals surface area contributed by atoms with Crippen LogP contribution in [-0.2, 0) is 32.6 Å². The summed E-state index contributed by atoms with van der Waals surface area (Å²) in [6.45, 7) is 8.73. The minimum atomic E-state index is -4.19. The third kappa shape index (κ3) is 9.12. The summed E-state index contributed by atoms with van der Waals surface area (Å²) < 4.78 is 29.4. The zero-order valence-corrected chi connectivity index (χ0v) is 29.0. The Kier molecular flexibility index (Phi) is 11.2. The van der Waals surface area contributed by atoms with E-state index < -0.39 is 34.1 Å². The van der Waals surface area contributed by atoms with Crippen LogP contribution < -0.4 is 9.62 Å². The summed E-state index contributed by atoms with van der Waals surface area (Å²) >= 11 is 12.8. The lowest BCUT2D eigenvalue weighted by Crippen LogP contribution is -2.56. The highest BCUT2D eigenvalue weighted by Crippen LogP contribution is 2.28. The maximum atomic E-state index is 14.6. The van der Waals surface area contributed by atoms with Gasteiger partial charge in [0.1, 0.15) is 12.6 Å². The number of rotatable bonds is 11. The normalized spacial score (nSPS) is 12.3. The van der Waals surface area contributed by atoms with E-state index in [-0.39, 0.29) is 23.8 Å². The molecule has 242 valence electrons. The number of hydrogen-bond acceptors (Lipinski definition) is 4. The minimum absolute atomic E-state index is 0.0464. The summed E-state index contributed by atoms with van der Waals surface area (Å²) in [5.41, 5.74) is 2.95. The van der Waals surface area contributed by atoms with Gasteiger partial charge in [-0.25, -0.2) is 8.42 Å². The van der Waals surface area contributed by atoms with Gasteiger partial charge in [-0.05, 0) is 82.1 Å². The van der Waals surface area contributed by atoms with Crippen molar-refractivity contribution in [3.63, 3.8) is 0 Å². The summed E-state index contributed by atoms with van der Waals surface area (Å²) in [5, 5.41) is 3.76. The zero-order chi connectivity index (χ0) is 33.6. The summed E-state index contributed by atoms with van der Waals surface area (Å²) in [4.78, 5) is 30.0. The second-order valence-corrected chi connectivity index (χ2v) is 15.1. The van der Waals surface area contributed by atoms with Crippen LogP contribution in [0.2, 0.25) is 10.0 Å². The first kappa shape index (κ1) is 35.0. The van der Waals surface area contributed by atoms with Gasteiger partial charge in [0.15, 0.2) is 0 Å². The fourth-order valence-corrected chi connectivity index (χ4v) is 6.80.